The van der Waals surface area contributed by atoms with E-state index in [0.717, 1.165) is 6.07 Å². The fourth-order valence-electron chi connectivity index (χ4n) is 1.15. The fraction of sp³-hybridized carbons (Fsp3) is 0.333. The first-order chi connectivity index (χ1) is 6.93. The first-order valence-corrected chi connectivity index (χ1v) is 6.11. The van der Waals surface area contributed by atoms with Crippen molar-refractivity contribution in [3.8, 4) is 11.5 Å². The maximum absolute atomic E-state index is 11.3. The lowest BCUT2D eigenvalue weighted by atomic mass is 10.3. The van der Waals surface area contributed by atoms with Crippen molar-refractivity contribution in [3.05, 3.63) is 18.2 Å². The number of hydrogen-bond donors (Lipinski definition) is 3. The summed E-state index contributed by atoms with van der Waals surface area (Å²) in [5, 5.41) is 18.3. The third kappa shape index (κ3) is 3.67. The van der Waals surface area contributed by atoms with Gasteiger partial charge in [0, 0.05) is 18.2 Å². The van der Waals surface area contributed by atoms with Crippen LogP contribution in [0.5, 0.6) is 11.5 Å². The van der Waals surface area contributed by atoms with E-state index in [4.69, 9.17) is 10.2 Å². The molecule has 15 heavy (non-hydrogen) atoms. The number of hydrogen-bond acceptors (Lipinski definition) is 4. The zero-order valence-electron chi connectivity index (χ0n) is 8.27. The Morgan fingerprint density at radius 1 is 1.20 bits per heavy atom. The Morgan fingerprint density at radius 2 is 1.73 bits per heavy atom. The van der Waals surface area contributed by atoms with E-state index in [2.05, 4.69) is 4.72 Å². The molecule has 84 valence electrons. The Hall–Kier alpha value is -1.43. The number of sulfonamides is 1. The summed E-state index contributed by atoms with van der Waals surface area (Å²) < 4.78 is 24.9. The summed E-state index contributed by atoms with van der Waals surface area (Å²) in [6.45, 7) is 1.75. The zero-order valence-corrected chi connectivity index (χ0v) is 9.08. The molecule has 0 amide bonds. The molecule has 0 spiro atoms. The van der Waals surface area contributed by atoms with Gasteiger partial charge in [-0.15, -0.1) is 0 Å². The smallest absolute Gasteiger partial charge is 0.232 e. The van der Waals surface area contributed by atoms with Crippen molar-refractivity contribution in [1.82, 2.24) is 0 Å². The maximum Gasteiger partial charge on any atom is 0.232 e. The average molecular weight is 231 g/mol. The lowest BCUT2D eigenvalue weighted by Gasteiger charge is -2.07. The van der Waals surface area contributed by atoms with E-state index in [1.165, 1.54) is 12.1 Å². The van der Waals surface area contributed by atoms with Crippen molar-refractivity contribution in [2.24, 2.45) is 0 Å². The summed E-state index contributed by atoms with van der Waals surface area (Å²) >= 11 is 0. The normalized spacial score (nSPS) is 11.3. The van der Waals surface area contributed by atoms with Gasteiger partial charge in [0.1, 0.15) is 11.5 Å². The Labute approximate surface area is 88.4 Å². The SMILES string of the molecule is CCCS(=O)(=O)Nc1cc(O)cc(O)c1. The number of benzene rings is 1. The summed E-state index contributed by atoms with van der Waals surface area (Å²) in [4.78, 5) is 0. The van der Waals surface area contributed by atoms with E-state index in [1.54, 1.807) is 6.92 Å². The van der Waals surface area contributed by atoms with Crippen molar-refractivity contribution in [2.75, 3.05) is 10.5 Å². The van der Waals surface area contributed by atoms with Crippen LogP contribution in [0.15, 0.2) is 18.2 Å². The van der Waals surface area contributed by atoms with Gasteiger partial charge in [-0.3, -0.25) is 4.72 Å². The minimum Gasteiger partial charge on any atom is -0.508 e. The van der Waals surface area contributed by atoms with Crippen LogP contribution >= 0.6 is 0 Å². The molecule has 0 fully saturated rings. The van der Waals surface area contributed by atoms with Gasteiger partial charge in [-0.25, -0.2) is 8.42 Å². The number of anilines is 1. The van der Waals surface area contributed by atoms with E-state index in [0.29, 0.717) is 6.42 Å². The Morgan fingerprint density at radius 3 is 2.20 bits per heavy atom. The van der Waals surface area contributed by atoms with Gasteiger partial charge in [-0.05, 0) is 6.42 Å². The van der Waals surface area contributed by atoms with Crippen molar-refractivity contribution in [2.45, 2.75) is 13.3 Å². The summed E-state index contributed by atoms with van der Waals surface area (Å²) in [5.74, 6) is -0.378. The highest BCUT2D eigenvalue weighted by atomic mass is 32.2. The summed E-state index contributed by atoms with van der Waals surface area (Å²) in [5.41, 5.74) is 0.154. The van der Waals surface area contributed by atoms with E-state index in [9.17, 15) is 8.42 Å². The molecule has 0 saturated heterocycles. The molecule has 0 saturated carbocycles. The molecule has 0 aliphatic heterocycles. The van der Waals surface area contributed by atoms with Gasteiger partial charge in [0.05, 0.1) is 11.4 Å². The predicted octanol–water partition coefficient (Wildman–Crippen LogP) is 1.25. The van der Waals surface area contributed by atoms with Gasteiger partial charge in [0.25, 0.3) is 0 Å². The Balaban J connectivity index is 2.90. The molecule has 1 aromatic carbocycles. The third-order valence-corrected chi connectivity index (χ3v) is 3.14. The molecule has 0 atom stereocenters. The number of aromatic hydroxyl groups is 2. The minimum atomic E-state index is -3.39. The molecule has 6 heteroatoms. The highest BCUT2D eigenvalue weighted by Gasteiger charge is 2.09. The van der Waals surface area contributed by atoms with Crippen LogP contribution in [0.3, 0.4) is 0 Å². The minimum absolute atomic E-state index is 0.00339. The highest BCUT2D eigenvalue weighted by Crippen LogP contribution is 2.24. The first-order valence-electron chi connectivity index (χ1n) is 4.46. The summed E-state index contributed by atoms with van der Waals surface area (Å²) in [6, 6.07) is 3.58. The molecule has 0 unspecified atom stereocenters. The Bertz CT molecular complexity index is 421. The van der Waals surface area contributed by atoms with Gasteiger partial charge >= 0.3 is 0 Å². The monoisotopic (exact) mass is 231 g/mol. The zero-order chi connectivity index (χ0) is 11.5. The average Bonchev–Trinajstić information content (AvgIpc) is 1.99. The van der Waals surface area contributed by atoms with Crippen molar-refractivity contribution < 1.29 is 18.6 Å². The van der Waals surface area contributed by atoms with Gasteiger partial charge < -0.3 is 10.2 Å². The van der Waals surface area contributed by atoms with E-state index >= 15 is 0 Å². The first kappa shape index (κ1) is 11.6. The molecule has 0 bridgehead atoms. The molecular formula is C9H13NO4S. The van der Waals surface area contributed by atoms with Crippen molar-refractivity contribution in [3.63, 3.8) is 0 Å². The van der Waals surface area contributed by atoms with Gasteiger partial charge in [0.15, 0.2) is 0 Å². The molecular weight excluding hydrogens is 218 g/mol. The molecule has 1 rings (SSSR count). The third-order valence-electron chi connectivity index (χ3n) is 1.65. The largest absolute Gasteiger partial charge is 0.508 e. The maximum atomic E-state index is 11.3. The van der Waals surface area contributed by atoms with Gasteiger partial charge in [-0.2, -0.15) is 0 Å². The molecule has 3 N–H and O–H groups in total. The van der Waals surface area contributed by atoms with Crippen molar-refractivity contribution >= 4 is 15.7 Å². The number of phenolic OH excluding ortho intramolecular Hbond substituents is 2. The van der Waals surface area contributed by atoms with Crippen LogP contribution < -0.4 is 4.72 Å². The van der Waals surface area contributed by atoms with E-state index < -0.39 is 10.0 Å². The van der Waals surface area contributed by atoms with Crippen LogP contribution in [0.1, 0.15) is 13.3 Å². The van der Waals surface area contributed by atoms with Crippen LogP contribution in [-0.4, -0.2) is 24.4 Å². The molecule has 0 aromatic heterocycles. The lowest BCUT2D eigenvalue weighted by Crippen LogP contribution is -2.15. The predicted molar refractivity (Wildman–Crippen MR) is 57.5 cm³/mol. The lowest BCUT2D eigenvalue weighted by molar-refractivity contribution is 0.451. The Kier molecular flexibility index (Phi) is 3.41. The van der Waals surface area contributed by atoms with Gasteiger partial charge in [0.2, 0.25) is 10.0 Å². The van der Waals surface area contributed by atoms with Gasteiger partial charge in [-0.1, -0.05) is 6.92 Å². The molecule has 0 aliphatic rings. The number of phenols is 2. The van der Waals surface area contributed by atoms with Crippen LogP contribution in [0.4, 0.5) is 5.69 Å². The van der Waals surface area contributed by atoms with Crippen LogP contribution in [-0.2, 0) is 10.0 Å². The second kappa shape index (κ2) is 4.39. The van der Waals surface area contributed by atoms with Crippen LogP contribution in [0, 0.1) is 0 Å². The number of rotatable bonds is 4. The van der Waals surface area contributed by atoms with Crippen LogP contribution in [0.25, 0.3) is 0 Å². The highest BCUT2D eigenvalue weighted by molar-refractivity contribution is 7.92. The summed E-state index contributed by atoms with van der Waals surface area (Å²) in [6.07, 6.45) is 0.500. The number of nitrogens with one attached hydrogen (secondary N) is 1. The molecule has 1 aromatic rings. The second-order valence-corrected chi connectivity index (χ2v) is 5.00. The standard InChI is InChI=1S/C9H13NO4S/c1-2-3-15(13,14)10-7-4-8(11)6-9(12)5-7/h4-6,10-12H,2-3H2,1H3. The van der Waals surface area contributed by atoms with Crippen molar-refractivity contribution in [1.29, 1.82) is 0 Å². The van der Waals surface area contributed by atoms with E-state index in [1.807, 2.05) is 0 Å². The topological polar surface area (TPSA) is 86.6 Å². The fourth-order valence-corrected chi connectivity index (χ4v) is 2.27. The molecule has 0 radical (unpaired) electrons. The molecule has 0 aliphatic carbocycles. The van der Waals surface area contributed by atoms with Crippen LogP contribution in [0.2, 0.25) is 0 Å². The van der Waals surface area contributed by atoms with E-state index in [-0.39, 0.29) is 22.9 Å². The quantitative estimate of drug-likeness (QED) is 0.727. The second-order valence-electron chi connectivity index (χ2n) is 3.16. The summed E-state index contributed by atoms with van der Waals surface area (Å²) in [7, 11) is -3.39. The molecule has 0 heterocycles. The molecule has 5 nitrogen and oxygen atoms in total.